The van der Waals surface area contributed by atoms with Crippen LogP contribution in [0.1, 0.15) is 28.2 Å². The SMILES string of the molecule is Cc1ccc2oc(N3CCCN(C(=O)c4cc(C)on4)CC3)nc2c1. The van der Waals surface area contributed by atoms with Crippen molar-refractivity contribution in [3.8, 4) is 0 Å². The number of aromatic nitrogens is 2. The molecule has 0 spiro atoms. The minimum atomic E-state index is -0.0908. The molecule has 2 aromatic heterocycles. The first-order valence-electron chi connectivity index (χ1n) is 8.45. The Morgan fingerprint density at radius 3 is 2.80 bits per heavy atom. The van der Waals surface area contributed by atoms with Gasteiger partial charge in [0.15, 0.2) is 11.3 Å². The maximum absolute atomic E-state index is 12.5. The van der Waals surface area contributed by atoms with Crippen LogP contribution < -0.4 is 4.90 Å². The molecule has 0 unspecified atom stereocenters. The van der Waals surface area contributed by atoms with E-state index < -0.39 is 0 Å². The number of hydrogen-bond acceptors (Lipinski definition) is 6. The minimum Gasteiger partial charge on any atom is -0.423 e. The largest absolute Gasteiger partial charge is 0.423 e. The predicted molar refractivity (Wildman–Crippen MR) is 92.7 cm³/mol. The van der Waals surface area contributed by atoms with Crippen LogP contribution in [-0.2, 0) is 0 Å². The van der Waals surface area contributed by atoms with E-state index in [9.17, 15) is 4.79 Å². The number of carbonyl (C=O) groups is 1. The molecule has 130 valence electrons. The maximum atomic E-state index is 12.5. The molecule has 4 rings (SSSR count). The summed E-state index contributed by atoms with van der Waals surface area (Å²) in [5.74, 6) is 0.549. The molecule has 1 aliphatic rings. The Bertz CT molecular complexity index is 914. The van der Waals surface area contributed by atoms with Crippen LogP contribution in [0.3, 0.4) is 0 Å². The number of benzene rings is 1. The fourth-order valence-electron chi connectivity index (χ4n) is 3.10. The quantitative estimate of drug-likeness (QED) is 0.714. The lowest BCUT2D eigenvalue weighted by Crippen LogP contribution is -2.35. The predicted octanol–water partition coefficient (Wildman–Crippen LogP) is 2.79. The summed E-state index contributed by atoms with van der Waals surface area (Å²) in [5, 5.41) is 3.83. The van der Waals surface area contributed by atoms with Gasteiger partial charge in [0.05, 0.1) is 0 Å². The van der Waals surface area contributed by atoms with Crippen molar-refractivity contribution in [2.24, 2.45) is 0 Å². The van der Waals surface area contributed by atoms with Crippen LogP contribution in [0.5, 0.6) is 0 Å². The average molecular weight is 340 g/mol. The Labute approximate surface area is 145 Å². The number of nitrogens with zero attached hydrogens (tertiary/aromatic N) is 4. The van der Waals surface area contributed by atoms with Crippen molar-refractivity contribution in [2.45, 2.75) is 20.3 Å². The van der Waals surface area contributed by atoms with Crippen LogP contribution >= 0.6 is 0 Å². The third-order valence-corrected chi connectivity index (χ3v) is 4.43. The summed E-state index contributed by atoms with van der Waals surface area (Å²) < 4.78 is 10.9. The maximum Gasteiger partial charge on any atom is 0.298 e. The molecule has 7 heteroatoms. The first-order valence-corrected chi connectivity index (χ1v) is 8.45. The average Bonchev–Trinajstić information content (AvgIpc) is 3.12. The van der Waals surface area contributed by atoms with E-state index in [-0.39, 0.29) is 5.91 Å². The normalized spacial score (nSPS) is 15.6. The zero-order valence-electron chi connectivity index (χ0n) is 14.4. The number of oxazole rings is 1. The third-order valence-electron chi connectivity index (χ3n) is 4.43. The third kappa shape index (κ3) is 3.09. The Morgan fingerprint density at radius 1 is 1.12 bits per heavy atom. The van der Waals surface area contributed by atoms with Gasteiger partial charge in [-0.3, -0.25) is 4.79 Å². The molecule has 7 nitrogen and oxygen atoms in total. The van der Waals surface area contributed by atoms with E-state index in [1.807, 2.05) is 30.0 Å². The fourth-order valence-corrected chi connectivity index (χ4v) is 3.10. The van der Waals surface area contributed by atoms with Gasteiger partial charge in [0, 0.05) is 32.2 Å². The fraction of sp³-hybridized carbons (Fsp3) is 0.389. The summed E-state index contributed by atoms with van der Waals surface area (Å²) in [5.41, 5.74) is 3.17. The van der Waals surface area contributed by atoms with Crippen molar-refractivity contribution in [2.75, 3.05) is 31.1 Å². The number of carbonyl (C=O) groups excluding carboxylic acids is 1. The highest BCUT2D eigenvalue weighted by atomic mass is 16.5. The number of amides is 1. The number of aryl methyl sites for hydroxylation is 2. The van der Waals surface area contributed by atoms with Gasteiger partial charge in [0.2, 0.25) is 0 Å². The standard InChI is InChI=1S/C18H20N4O3/c1-12-4-5-16-14(10-12)19-18(24-16)22-7-3-6-21(8-9-22)17(23)15-11-13(2)25-20-15/h4-5,10-11H,3,6-9H2,1-2H3. The number of fused-ring (bicyclic) bond motifs is 1. The lowest BCUT2D eigenvalue weighted by Gasteiger charge is -2.20. The van der Waals surface area contributed by atoms with Crippen molar-refractivity contribution in [1.82, 2.24) is 15.0 Å². The van der Waals surface area contributed by atoms with Crippen molar-refractivity contribution in [3.63, 3.8) is 0 Å². The molecule has 0 N–H and O–H groups in total. The highest BCUT2D eigenvalue weighted by Crippen LogP contribution is 2.24. The second kappa shape index (κ2) is 6.23. The van der Waals surface area contributed by atoms with E-state index >= 15 is 0 Å². The Morgan fingerprint density at radius 2 is 2.00 bits per heavy atom. The van der Waals surface area contributed by atoms with Crippen LogP contribution in [0.4, 0.5) is 6.01 Å². The molecule has 1 aromatic carbocycles. The van der Waals surface area contributed by atoms with Crippen molar-refractivity contribution in [3.05, 3.63) is 41.3 Å². The van der Waals surface area contributed by atoms with Gasteiger partial charge in [-0.25, -0.2) is 0 Å². The van der Waals surface area contributed by atoms with Gasteiger partial charge in [-0.15, -0.1) is 0 Å². The molecule has 1 aliphatic heterocycles. The first kappa shape index (κ1) is 15.7. The van der Waals surface area contributed by atoms with Crippen molar-refractivity contribution >= 4 is 23.0 Å². The zero-order valence-corrected chi connectivity index (χ0v) is 14.4. The summed E-state index contributed by atoms with van der Waals surface area (Å²) in [6.07, 6.45) is 0.848. The van der Waals surface area contributed by atoms with E-state index in [1.165, 1.54) is 0 Å². The van der Waals surface area contributed by atoms with E-state index in [2.05, 4.69) is 15.0 Å². The second-order valence-electron chi connectivity index (χ2n) is 6.42. The molecule has 3 aromatic rings. The molecule has 1 saturated heterocycles. The Kier molecular flexibility index (Phi) is 3.91. The number of hydrogen-bond donors (Lipinski definition) is 0. The van der Waals surface area contributed by atoms with Gasteiger partial charge in [-0.1, -0.05) is 11.2 Å². The Balaban J connectivity index is 1.49. The molecule has 1 fully saturated rings. The zero-order chi connectivity index (χ0) is 17.4. The molecule has 0 radical (unpaired) electrons. The van der Waals surface area contributed by atoms with Crippen molar-refractivity contribution in [1.29, 1.82) is 0 Å². The molecule has 0 saturated carbocycles. The highest BCUT2D eigenvalue weighted by Gasteiger charge is 2.24. The van der Waals surface area contributed by atoms with E-state index in [0.29, 0.717) is 37.1 Å². The van der Waals surface area contributed by atoms with E-state index in [1.54, 1.807) is 13.0 Å². The summed E-state index contributed by atoms with van der Waals surface area (Å²) in [4.78, 5) is 21.0. The number of anilines is 1. The van der Waals surface area contributed by atoms with Gasteiger partial charge in [-0.2, -0.15) is 4.98 Å². The van der Waals surface area contributed by atoms with Gasteiger partial charge in [-0.05, 0) is 38.0 Å². The number of rotatable bonds is 2. The lowest BCUT2D eigenvalue weighted by molar-refractivity contribution is 0.0756. The van der Waals surface area contributed by atoms with Gasteiger partial charge in [0.25, 0.3) is 11.9 Å². The molecule has 1 amide bonds. The van der Waals surface area contributed by atoms with E-state index in [4.69, 9.17) is 8.94 Å². The van der Waals surface area contributed by atoms with E-state index in [0.717, 1.165) is 29.6 Å². The minimum absolute atomic E-state index is 0.0908. The molecule has 0 bridgehead atoms. The summed E-state index contributed by atoms with van der Waals surface area (Å²) in [7, 11) is 0. The van der Waals surface area contributed by atoms with Crippen LogP contribution in [0, 0.1) is 13.8 Å². The second-order valence-corrected chi connectivity index (χ2v) is 6.42. The van der Waals surface area contributed by atoms with Gasteiger partial charge >= 0.3 is 0 Å². The topological polar surface area (TPSA) is 75.6 Å². The first-order chi connectivity index (χ1) is 12.1. The summed E-state index contributed by atoms with van der Waals surface area (Å²) >= 11 is 0. The van der Waals surface area contributed by atoms with Crippen molar-refractivity contribution < 1.29 is 13.7 Å². The molecule has 3 heterocycles. The summed E-state index contributed by atoms with van der Waals surface area (Å²) in [6, 6.07) is 8.27. The molecule has 25 heavy (non-hydrogen) atoms. The molecular formula is C18H20N4O3. The van der Waals surface area contributed by atoms with Crippen LogP contribution in [0.15, 0.2) is 33.2 Å². The van der Waals surface area contributed by atoms with Gasteiger partial charge in [0.1, 0.15) is 11.3 Å². The van der Waals surface area contributed by atoms with Gasteiger partial charge < -0.3 is 18.7 Å². The monoisotopic (exact) mass is 340 g/mol. The lowest BCUT2D eigenvalue weighted by atomic mass is 10.2. The highest BCUT2D eigenvalue weighted by molar-refractivity contribution is 5.92. The molecule has 0 atom stereocenters. The summed E-state index contributed by atoms with van der Waals surface area (Å²) in [6.45, 7) is 6.57. The van der Waals surface area contributed by atoms with Crippen LogP contribution in [0.25, 0.3) is 11.1 Å². The van der Waals surface area contributed by atoms with Crippen LogP contribution in [0.2, 0.25) is 0 Å². The molecule has 0 aliphatic carbocycles. The van der Waals surface area contributed by atoms with Crippen LogP contribution in [-0.4, -0.2) is 47.1 Å². The Hall–Kier alpha value is -2.83. The molecular weight excluding hydrogens is 320 g/mol. The smallest absolute Gasteiger partial charge is 0.298 e.